The number of aromatic nitrogens is 4. The molecule has 0 saturated carbocycles. The molecule has 0 aliphatic carbocycles. The summed E-state index contributed by atoms with van der Waals surface area (Å²) in [6, 6.07) is 11.5. The van der Waals surface area contributed by atoms with E-state index in [4.69, 9.17) is 4.52 Å². The predicted molar refractivity (Wildman–Crippen MR) is 114 cm³/mol. The highest BCUT2D eigenvalue weighted by molar-refractivity contribution is 7.08. The second-order valence-electron chi connectivity index (χ2n) is 7.49. The second-order valence-corrected chi connectivity index (χ2v) is 8.27. The van der Waals surface area contributed by atoms with Gasteiger partial charge in [0.25, 0.3) is 5.91 Å². The molecule has 0 N–H and O–H groups in total. The average molecular weight is 420 g/mol. The van der Waals surface area contributed by atoms with Gasteiger partial charge in [-0.1, -0.05) is 11.2 Å². The average Bonchev–Trinajstić information content (AvgIpc) is 3.56. The van der Waals surface area contributed by atoms with Crippen LogP contribution < -0.4 is 0 Å². The minimum Gasteiger partial charge on any atom is -0.339 e. The van der Waals surface area contributed by atoms with Gasteiger partial charge in [0.1, 0.15) is 0 Å². The number of carbonyl (C=O) groups is 1. The number of carbonyl (C=O) groups excluding carboxylic acids is 1. The number of piperidine rings is 1. The van der Waals surface area contributed by atoms with Crippen molar-refractivity contribution in [2.45, 2.75) is 19.3 Å². The van der Waals surface area contributed by atoms with Crippen molar-refractivity contribution < 1.29 is 9.32 Å². The van der Waals surface area contributed by atoms with Crippen molar-refractivity contribution in [2.24, 2.45) is 5.92 Å². The molecule has 1 amide bonds. The first kappa shape index (κ1) is 18.7. The normalized spacial score (nSPS) is 16.7. The zero-order valence-corrected chi connectivity index (χ0v) is 17.2. The molecule has 1 aliphatic heterocycles. The maximum atomic E-state index is 13.1. The molecule has 0 bridgehead atoms. The van der Waals surface area contributed by atoms with E-state index in [9.17, 15) is 4.79 Å². The van der Waals surface area contributed by atoms with Crippen LogP contribution in [0.25, 0.3) is 17.1 Å². The van der Waals surface area contributed by atoms with E-state index in [-0.39, 0.29) is 5.91 Å². The van der Waals surface area contributed by atoms with Crippen molar-refractivity contribution in [3.05, 3.63) is 71.0 Å². The lowest BCUT2D eigenvalue weighted by Crippen LogP contribution is -2.40. The first-order valence-electron chi connectivity index (χ1n) is 10.0. The number of benzene rings is 1. The Morgan fingerprint density at radius 1 is 1.27 bits per heavy atom. The summed E-state index contributed by atoms with van der Waals surface area (Å²) in [7, 11) is 0. The Hall–Kier alpha value is -3.26. The van der Waals surface area contributed by atoms with Gasteiger partial charge in [-0.05, 0) is 54.5 Å². The number of rotatable bonds is 5. The Labute approximate surface area is 178 Å². The Bertz CT molecular complexity index is 1120. The van der Waals surface area contributed by atoms with Crippen molar-refractivity contribution in [3.63, 3.8) is 0 Å². The molecule has 7 nitrogen and oxygen atoms in total. The number of hydrogen-bond donors (Lipinski definition) is 0. The SMILES string of the molecule is O=C(c1cccc(-n2cccn2)c1)N1CCCC(Cc2nc(-c3ccsc3)no2)C1. The molecule has 4 aromatic rings. The molecule has 1 aliphatic rings. The number of hydrogen-bond acceptors (Lipinski definition) is 6. The zero-order chi connectivity index (χ0) is 20.3. The fourth-order valence-corrected chi connectivity index (χ4v) is 4.53. The molecule has 1 aromatic carbocycles. The van der Waals surface area contributed by atoms with Crippen LogP contribution in [0, 0.1) is 5.92 Å². The van der Waals surface area contributed by atoms with Crippen molar-refractivity contribution in [2.75, 3.05) is 13.1 Å². The second kappa shape index (κ2) is 8.23. The Balaban J connectivity index is 1.26. The summed E-state index contributed by atoms with van der Waals surface area (Å²) in [5, 5.41) is 12.3. The Morgan fingerprint density at radius 2 is 2.23 bits per heavy atom. The van der Waals surface area contributed by atoms with E-state index in [0.717, 1.165) is 30.6 Å². The fourth-order valence-electron chi connectivity index (χ4n) is 3.90. The Kier molecular flexibility index (Phi) is 5.15. The molecule has 1 unspecified atom stereocenters. The molecule has 152 valence electrons. The first-order chi connectivity index (χ1) is 14.8. The minimum atomic E-state index is 0.0539. The van der Waals surface area contributed by atoms with E-state index in [1.165, 1.54) is 0 Å². The maximum absolute atomic E-state index is 13.1. The van der Waals surface area contributed by atoms with E-state index in [1.54, 1.807) is 22.2 Å². The largest absolute Gasteiger partial charge is 0.339 e. The van der Waals surface area contributed by atoms with E-state index in [1.807, 2.05) is 58.3 Å². The molecule has 0 radical (unpaired) electrons. The van der Waals surface area contributed by atoms with Crippen LogP contribution in [0.2, 0.25) is 0 Å². The van der Waals surface area contributed by atoms with Gasteiger partial charge < -0.3 is 9.42 Å². The third-order valence-corrected chi connectivity index (χ3v) is 6.06. The molecular formula is C22H21N5O2S. The highest BCUT2D eigenvalue weighted by Crippen LogP contribution is 2.24. The van der Waals surface area contributed by atoms with Crippen molar-refractivity contribution in [1.29, 1.82) is 0 Å². The van der Waals surface area contributed by atoms with Gasteiger partial charge in [0.2, 0.25) is 11.7 Å². The van der Waals surface area contributed by atoms with Crippen molar-refractivity contribution >= 4 is 17.2 Å². The molecule has 8 heteroatoms. The lowest BCUT2D eigenvalue weighted by atomic mass is 9.94. The van der Waals surface area contributed by atoms with E-state index < -0.39 is 0 Å². The summed E-state index contributed by atoms with van der Waals surface area (Å²) in [6.45, 7) is 1.46. The molecule has 3 aromatic heterocycles. The molecule has 0 spiro atoms. The number of amides is 1. The quantitative estimate of drug-likeness (QED) is 0.487. The highest BCUT2D eigenvalue weighted by atomic mass is 32.1. The van der Waals surface area contributed by atoms with E-state index >= 15 is 0 Å². The summed E-state index contributed by atoms with van der Waals surface area (Å²) < 4.78 is 7.22. The Morgan fingerprint density at radius 3 is 3.07 bits per heavy atom. The van der Waals surface area contributed by atoms with Gasteiger partial charge in [-0.3, -0.25) is 4.79 Å². The highest BCUT2D eigenvalue weighted by Gasteiger charge is 2.26. The third kappa shape index (κ3) is 3.91. The monoisotopic (exact) mass is 419 g/mol. The maximum Gasteiger partial charge on any atom is 0.253 e. The van der Waals surface area contributed by atoms with E-state index in [0.29, 0.717) is 36.2 Å². The lowest BCUT2D eigenvalue weighted by Gasteiger charge is -2.32. The molecule has 30 heavy (non-hydrogen) atoms. The number of nitrogens with zero attached hydrogens (tertiary/aromatic N) is 5. The van der Waals surface area contributed by atoms with Gasteiger partial charge in [-0.25, -0.2) is 4.68 Å². The van der Waals surface area contributed by atoms with E-state index in [2.05, 4.69) is 15.2 Å². The predicted octanol–water partition coefficient (Wildman–Crippen LogP) is 4.08. The van der Waals surface area contributed by atoms with Gasteiger partial charge >= 0.3 is 0 Å². The van der Waals surface area contributed by atoms with Gasteiger partial charge in [-0.2, -0.15) is 21.4 Å². The summed E-state index contributed by atoms with van der Waals surface area (Å²) >= 11 is 1.61. The van der Waals surface area contributed by atoms with Gasteiger partial charge in [0.15, 0.2) is 0 Å². The minimum absolute atomic E-state index is 0.0539. The summed E-state index contributed by atoms with van der Waals surface area (Å²) in [4.78, 5) is 19.6. The van der Waals surface area contributed by atoms with Crippen LogP contribution in [0.4, 0.5) is 0 Å². The molecule has 1 fully saturated rings. The molecule has 5 rings (SSSR count). The zero-order valence-electron chi connectivity index (χ0n) is 16.3. The van der Waals surface area contributed by atoms with Crippen LogP contribution in [-0.4, -0.2) is 43.8 Å². The van der Waals surface area contributed by atoms with Crippen LogP contribution in [0.15, 0.2) is 64.1 Å². The lowest BCUT2D eigenvalue weighted by molar-refractivity contribution is 0.0668. The summed E-state index contributed by atoms with van der Waals surface area (Å²) in [5.41, 5.74) is 2.54. The van der Waals surface area contributed by atoms with Crippen LogP contribution in [0.5, 0.6) is 0 Å². The van der Waals surface area contributed by atoms with Crippen LogP contribution in [-0.2, 0) is 6.42 Å². The smallest absolute Gasteiger partial charge is 0.253 e. The van der Waals surface area contributed by atoms with Crippen LogP contribution in [0.3, 0.4) is 0 Å². The van der Waals surface area contributed by atoms with Gasteiger partial charge in [0.05, 0.1) is 5.69 Å². The third-order valence-electron chi connectivity index (χ3n) is 5.38. The molecule has 1 atom stereocenters. The van der Waals surface area contributed by atoms with Crippen LogP contribution in [0.1, 0.15) is 29.1 Å². The van der Waals surface area contributed by atoms with Crippen molar-refractivity contribution in [1.82, 2.24) is 24.8 Å². The van der Waals surface area contributed by atoms with Gasteiger partial charge in [0, 0.05) is 48.4 Å². The van der Waals surface area contributed by atoms with Gasteiger partial charge in [-0.15, -0.1) is 0 Å². The first-order valence-corrected chi connectivity index (χ1v) is 10.9. The van der Waals surface area contributed by atoms with Crippen LogP contribution >= 0.6 is 11.3 Å². The number of thiophene rings is 1. The summed E-state index contributed by atoms with van der Waals surface area (Å²) in [5.74, 6) is 1.63. The van der Waals surface area contributed by atoms with Crippen molar-refractivity contribution in [3.8, 4) is 17.1 Å². The molecular weight excluding hydrogens is 398 g/mol. The molecule has 1 saturated heterocycles. The standard InChI is InChI=1S/C22H21N5O2S/c28-22(17-5-1-6-19(13-17)27-10-3-8-23-27)26-9-2-4-16(14-26)12-20-24-21(25-29-20)18-7-11-30-15-18/h1,3,5-8,10-11,13,15-16H,2,4,9,12,14H2. The summed E-state index contributed by atoms with van der Waals surface area (Å²) in [6.07, 6.45) is 6.31. The fraction of sp³-hybridized carbons (Fsp3) is 0.273. The molecule has 4 heterocycles. The number of likely N-dealkylation sites (tertiary alicyclic amines) is 1. The topological polar surface area (TPSA) is 77.1 Å².